The molecule has 2 aromatic heterocycles. The minimum atomic E-state index is 0.516. The van der Waals surface area contributed by atoms with Crippen LogP contribution in [0.25, 0.3) is 22.2 Å². The second kappa shape index (κ2) is 6.70. The van der Waals surface area contributed by atoms with E-state index in [2.05, 4.69) is 36.3 Å². The summed E-state index contributed by atoms with van der Waals surface area (Å²) in [4.78, 5) is 0. The Kier molecular flexibility index (Phi) is 4.27. The first kappa shape index (κ1) is 15.3. The van der Waals surface area contributed by atoms with Crippen LogP contribution < -0.4 is 0 Å². The number of hydrogen-bond donors (Lipinski definition) is 0. The molecule has 4 rings (SSSR count). The number of benzene rings is 2. The summed E-state index contributed by atoms with van der Waals surface area (Å²) in [5.41, 5.74) is 0.895. The molecule has 0 fully saturated rings. The summed E-state index contributed by atoms with van der Waals surface area (Å²) in [6.07, 6.45) is 1.76. The maximum Gasteiger partial charge on any atom is 0.247 e. The molecule has 0 aliphatic heterocycles. The molecule has 4 aromatic rings. The van der Waals surface area contributed by atoms with Crippen LogP contribution in [0.3, 0.4) is 0 Å². The van der Waals surface area contributed by atoms with Crippen molar-refractivity contribution in [2.45, 2.75) is 10.8 Å². The highest BCUT2D eigenvalue weighted by molar-refractivity contribution is 9.10. The van der Waals surface area contributed by atoms with Gasteiger partial charge in [0.15, 0.2) is 0 Å². The molecule has 7 heteroatoms. The zero-order chi connectivity index (χ0) is 16.4. The Morgan fingerprint density at radius 2 is 1.79 bits per heavy atom. The summed E-state index contributed by atoms with van der Waals surface area (Å²) in [5.74, 6) is 1.63. The zero-order valence-electron chi connectivity index (χ0n) is 12.4. The molecular weight excluding hydrogens is 388 g/mol. The van der Waals surface area contributed by atoms with E-state index < -0.39 is 0 Å². The molecule has 2 aromatic carbocycles. The van der Waals surface area contributed by atoms with Gasteiger partial charge in [-0.05, 0) is 24.3 Å². The topological polar surface area (TPSA) is 64.7 Å². The van der Waals surface area contributed by atoms with Crippen LogP contribution in [-0.4, -0.2) is 20.4 Å². The van der Waals surface area contributed by atoms with Crippen molar-refractivity contribution in [2.75, 3.05) is 0 Å². The quantitative estimate of drug-likeness (QED) is 0.462. The number of hydrogen-bond acceptors (Lipinski definition) is 6. The standard InChI is InChI=1S/C17H11BrN4OS/c18-13-7-5-11(6-8-13)16-21-20-15(23-16)10-24-17-14-4-2-1-3-12(14)9-19-22-17/h1-9H,10H2. The Morgan fingerprint density at radius 3 is 2.67 bits per heavy atom. The van der Waals surface area contributed by atoms with E-state index in [9.17, 15) is 0 Å². The second-order valence-corrected chi connectivity index (χ2v) is 6.91. The number of nitrogens with zero attached hydrogens (tertiary/aromatic N) is 4. The molecule has 0 aliphatic carbocycles. The maximum atomic E-state index is 5.74. The maximum absolute atomic E-state index is 5.74. The molecule has 24 heavy (non-hydrogen) atoms. The van der Waals surface area contributed by atoms with E-state index in [1.54, 1.807) is 6.20 Å². The van der Waals surface area contributed by atoms with Crippen molar-refractivity contribution in [1.29, 1.82) is 0 Å². The third kappa shape index (κ3) is 3.18. The van der Waals surface area contributed by atoms with Gasteiger partial charge in [0, 0.05) is 20.8 Å². The van der Waals surface area contributed by atoms with Crippen LogP contribution in [0.1, 0.15) is 5.89 Å². The first-order chi connectivity index (χ1) is 11.8. The van der Waals surface area contributed by atoms with Crippen LogP contribution in [-0.2, 0) is 5.75 Å². The Hall–Kier alpha value is -2.25. The Morgan fingerprint density at radius 1 is 0.958 bits per heavy atom. The fraction of sp³-hybridized carbons (Fsp3) is 0.0588. The van der Waals surface area contributed by atoms with Crippen LogP contribution >= 0.6 is 27.7 Å². The van der Waals surface area contributed by atoms with Crippen LogP contribution in [0.4, 0.5) is 0 Å². The van der Waals surface area contributed by atoms with Gasteiger partial charge in [0.25, 0.3) is 0 Å². The van der Waals surface area contributed by atoms with E-state index in [1.165, 1.54) is 11.8 Å². The van der Waals surface area contributed by atoms with Crippen molar-refractivity contribution in [2.24, 2.45) is 0 Å². The molecule has 0 amide bonds. The summed E-state index contributed by atoms with van der Waals surface area (Å²) in [6, 6.07) is 15.8. The highest BCUT2D eigenvalue weighted by atomic mass is 79.9. The first-order valence-electron chi connectivity index (χ1n) is 7.21. The highest BCUT2D eigenvalue weighted by Crippen LogP contribution is 2.28. The van der Waals surface area contributed by atoms with E-state index in [0.717, 1.165) is 25.8 Å². The Balaban J connectivity index is 1.53. The minimum absolute atomic E-state index is 0.516. The number of rotatable bonds is 4. The van der Waals surface area contributed by atoms with Gasteiger partial charge in [0.05, 0.1) is 11.9 Å². The summed E-state index contributed by atoms with van der Waals surface area (Å²) in [5, 5.41) is 19.5. The largest absolute Gasteiger partial charge is 0.420 e. The van der Waals surface area contributed by atoms with Crippen molar-refractivity contribution in [3.05, 3.63) is 65.1 Å². The highest BCUT2D eigenvalue weighted by Gasteiger charge is 2.11. The van der Waals surface area contributed by atoms with Gasteiger partial charge >= 0.3 is 0 Å². The molecule has 0 atom stereocenters. The SMILES string of the molecule is Brc1ccc(-c2nnc(CSc3nncc4ccccc34)o2)cc1. The van der Waals surface area contributed by atoms with Gasteiger partial charge in [-0.2, -0.15) is 5.10 Å². The van der Waals surface area contributed by atoms with E-state index in [1.807, 2.05) is 48.5 Å². The fourth-order valence-corrected chi connectivity index (χ4v) is 3.35. The smallest absolute Gasteiger partial charge is 0.247 e. The van der Waals surface area contributed by atoms with E-state index in [4.69, 9.17) is 4.42 Å². The molecular formula is C17H11BrN4OS. The number of fused-ring (bicyclic) bond motifs is 1. The molecule has 0 unspecified atom stereocenters. The fourth-order valence-electron chi connectivity index (χ4n) is 2.26. The monoisotopic (exact) mass is 398 g/mol. The molecule has 0 radical (unpaired) electrons. The van der Waals surface area contributed by atoms with E-state index >= 15 is 0 Å². The average molecular weight is 399 g/mol. The van der Waals surface area contributed by atoms with Crippen LogP contribution in [0, 0.1) is 0 Å². The van der Waals surface area contributed by atoms with Crippen molar-refractivity contribution in [3.63, 3.8) is 0 Å². The Bertz CT molecular complexity index is 982. The van der Waals surface area contributed by atoms with Gasteiger partial charge in [-0.25, -0.2) is 0 Å². The van der Waals surface area contributed by atoms with Crippen LogP contribution in [0.15, 0.2) is 68.6 Å². The van der Waals surface area contributed by atoms with Gasteiger partial charge in [0.2, 0.25) is 11.8 Å². The average Bonchev–Trinajstić information content (AvgIpc) is 3.09. The molecule has 0 saturated carbocycles. The van der Waals surface area contributed by atoms with Gasteiger partial charge < -0.3 is 4.42 Å². The second-order valence-electron chi connectivity index (χ2n) is 5.03. The predicted octanol–water partition coefficient (Wildman–Crippen LogP) is 4.73. The number of aromatic nitrogens is 4. The molecule has 0 N–H and O–H groups in total. The van der Waals surface area contributed by atoms with E-state index in [0.29, 0.717) is 17.5 Å². The van der Waals surface area contributed by atoms with Crippen molar-refractivity contribution < 1.29 is 4.42 Å². The van der Waals surface area contributed by atoms with Gasteiger partial charge in [-0.15, -0.1) is 15.3 Å². The lowest BCUT2D eigenvalue weighted by atomic mass is 10.2. The molecule has 118 valence electrons. The van der Waals surface area contributed by atoms with Gasteiger partial charge in [-0.3, -0.25) is 0 Å². The van der Waals surface area contributed by atoms with E-state index in [-0.39, 0.29) is 0 Å². The molecule has 0 aliphatic rings. The van der Waals surface area contributed by atoms with Crippen molar-refractivity contribution in [3.8, 4) is 11.5 Å². The van der Waals surface area contributed by atoms with Gasteiger partial charge in [0.1, 0.15) is 5.03 Å². The third-order valence-corrected chi connectivity index (χ3v) is 4.92. The lowest BCUT2D eigenvalue weighted by Crippen LogP contribution is -1.88. The molecule has 0 saturated heterocycles. The van der Waals surface area contributed by atoms with Crippen LogP contribution in [0.2, 0.25) is 0 Å². The summed E-state index contributed by atoms with van der Waals surface area (Å²) in [7, 11) is 0. The lowest BCUT2D eigenvalue weighted by molar-refractivity contribution is 0.528. The minimum Gasteiger partial charge on any atom is -0.420 e. The lowest BCUT2D eigenvalue weighted by Gasteiger charge is -2.02. The van der Waals surface area contributed by atoms with Gasteiger partial charge in [-0.1, -0.05) is 52.0 Å². The van der Waals surface area contributed by atoms with Crippen molar-refractivity contribution >= 4 is 38.5 Å². The summed E-state index contributed by atoms with van der Waals surface area (Å²) in [6.45, 7) is 0. The summed E-state index contributed by atoms with van der Waals surface area (Å²) < 4.78 is 6.75. The number of halogens is 1. The summed E-state index contributed by atoms with van der Waals surface area (Å²) >= 11 is 4.95. The molecule has 5 nitrogen and oxygen atoms in total. The van der Waals surface area contributed by atoms with Crippen LogP contribution in [0.5, 0.6) is 0 Å². The molecule has 0 bridgehead atoms. The molecule has 0 spiro atoms. The predicted molar refractivity (Wildman–Crippen MR) is 96.5 cm³/mol. The Labute approximate surface area is 150 Å². The first-order valence-corrected chi connectivity index (χ1v) is 8.99. The molecule has 2 heterocycles. The number of thioether (sulfide) groups is 1. The third-order valence-electron chi connectivity index (χ3n) is 3.43. The zero-order valence-corrected chi connectivity index (χ0v) is 14.8. The normalized spacial score (nSPS) is 11.0. The van der Waals surface area contributed by atoms with Crippen molar-refractivity contribution in [1.82, 2.24) is 20.4 Å².